The second-order valence-electron chi connectivity index (χ2n) is 6.98. The number of hydrogen-bond acceptors (Lipinski definition) is 5. The third-order valence-electron chi connectivity index (χ3n) is 4.72. The van der Waals surface area contributed by atoms with E-state index in [0.717, 1.165) is 24.4 Å². The molecule has 0 saturated carbocycles. The third-order valence-corrected chi connectivity index (χ3v) is 6.22. The van der Waals surface area contributed by atoms with Gasteiger partial charge >= 0.3 is 6.18 Å². The van der Waals surface area contributed by atoms with Crippen LogP contribution < -0.4 is 14.9 Å². The van der Waals surface area contributed by atoms with E-state index >= 15 is 0 Å². The summed E-state index contributed by atoms with van der Waals surface area (Å²) in [5.74, 6) is -0.909. The maximum absolute atomic E-state index is 13.6. The predicted octanol–water partition coefficient (Wildman–Crippen LogP) is 2.30. The van der Waals surface area contributed by atoms with Crippen molar-refractivity contribution in [3.05, 3.63) is 54.0 Å². The first-order chi connectivity index (χ1) is 14.6. The summed E-state index contributed by atoms with van der Waals surface area (Å²) in [4.78, 5) is 17.2. The summed E-state index contributed by atoms with van der Waals surface area (Å²) in [5, 5.41) is 2.75. The Morgan fingerprint density at radius 2 is 1.94 bits per heavy atom. The highest BCUT2D eigenvalue weighted by molar-refractivity contribution is 7.89. The largest absolute Gasteiger partial charge is 0.417 e. The van der Waals surface area contributed by atoms with Gasteiger partial charge in [0, 0.05) is 38.3 Å². The number of carbonyl (C=O) groups is 1. The highest BCUT2D eigenvalue weighted by atomic mass is 32.2. The average Bonchev–Trinajstić information content (AvgIpc) is 3.16. The summed E-state index contributed by atoms with van der Waals surface area (Å²) in [6.45, 7) is 0.660. The van der Waals surface area contributed by atoms with E-state index in [4.69, 9.17) is 0 Å². The summed E-state index contributed by atoms with van der Waals surface area (Å²) in [6.07, 6.45) is -3.28. The Morgan fingerprint density at radius 1 is 1.19 bits per heavy atom. The van der Waals surface area contributed by atoms with Crippen molar-refractivity contribution in [3.63, 3.8) is 0 Å². The lowest BCUT2D eigenvalue weighted by molar-refractivity contribution is -0.137. The van der Waals surface area contributed by atoms with Gasteiger partial charge in [0.2, 0.25) is 15.9 Å². The second-order valence-corrected chi connectivity index (χ2v) is 8.72. The van der Waals surface area contributed by atoms with E-state index in [9.17, 15) is 30.8 Å². The molecule has 0 aliphatic carbocycles. The van der Waals surface area contributed by atoms with Gasteiger partial charge in [-0.25, -0.2) is 22.5 Å². The van der Waals surface area contributed by atoms with Crippen molar-refractivity contribution in [2.75, 3.05) is 24.5 Å². The van der Waals surface area contributed by atoms with Crippen LogP contribution in [0.15, 0.2) is 47.5 Å². The van der Waals surface area contributed by atoms with Crippen LogP contribution in [-0.2, 0) is 21.0 Å². The predicted molar refractivity (Wildman–Crippen MR) is 104 cm³/mol. The Labute approximate surface area is 176 Å². The van der Waals surface area contributed by atoms with E-state index in [-0.39, 0.29) is 19.0 Å². The molecule has 2 heterocycles. The van der Waals surface area contributed by atoms with Crippen molar-refractivity contribution >= 4 is 21.7 Å². The number of amides is 1. The van der Waals surface area contributed by atoms with Crippen LogP contribution in [0.4, 0.5) is 23.4 Å². The SMILES string of the molecule is O=C(CCNS(=O)(=O)c1ccccc1F)NC1CCN(c2ccc(C(F)(F)F)cn2)C1. The Bertz CT molecular complexity index is 1030. The molecule has 1 atom stereocenters. The molecule has 1 amide bonds. The van der Waals surface area contributed by atoms with Crippen LogP contribution >= 0.6 is 0 Å². The van der Waals surface area contributed by atoms with Gasteiger partial charge in [-0.05, 0) is 30.7 Å². The van der Waals surface area contributed by atoms with Crippen molar-refractivity contribution in [1.82, 2.24) is 15.0 Å². The molecule has 1 aliphatic heterocycles. The Morgan fingerprint density at radius 3 is 2.58 bits per heavy atom. The number of hydrogen-bond donors (Lipinski definition) is 2. The first kappa shape index (κ1) is 22.9. The van der Waals surface area contributed by atoms with E-state index in [1.54, 1.807) is 4.90 Å². The second kappa shape index (κ2) is 9.18. The summed E-state index contributed by atoms with van der Waals surface area (Å²) in [5.41, 5.74) is -0.835. The molecule has 1 unspecified atom stereocenters. The van der Waals surface area contributed by atoms with E-state index in [1.807, 2.05) is 0 Å². The molecule has 0 radical (unpaired) electrons. The standard InChI is InChI=1S/C19H20F4N4O3S/c20-15-3-1-2-4-16(15)31(29,30)25-9-7-18(28)26-14-8-10-27(12-14)17-6-5-13(11-24-17)19(21,22)23/h1-6,11,14,25H,7-10,12H2,(H,26,28). The van der Waals surface area contributed by atoms with E-state index in [0.29, 0.717) is 25.3 Å². The van der Waals surface area contributed by atoms with Gasteiger partial charge in [-0.1, -0.05) is 12.1 Å². The summed E-state index contributed by atoms with van der Waals surface area (Å²) in [7, 11) is -4.07. The van der Waals surface area contributed by atoms with E-state index in [1.165, 1.54) is 18.2 Å². The van der Waals surface area contributed by atoms with Crippen LogP contribution in [0.1, 0.15) is 18.4 Å². The minimum absolute atomic E-state index is 0.150. The number of nitrogens with one attached hydrogen (secondary N) is 2. The van der Waals surface area contributed by atoms with E-state index < -0.39 is 38.4 Å². The van der Waals surface area contributed by atoms with Crippen molar-refractivity contribution in [2.24, 2.45) is 0 Å². The van der Waals surface area contributed by atoms with Gasteiger partial charge in [-0.3, -0.25) is 4.79 Å². The number of pyridine rings is 1. The van der Waals surface area contributed by atoms with Crippen LogP contribution in [0.3, 0.4) is 0 Å². The quantitative estimate of drug-likeness (QED) is 0.619. The number of halogens is 4. The van der Waals surface area contributed by atoms with Gasteiger partial charge in [0.15, 0.2) is 0 Å². The number of rotatable bonds is 7. The lowest BCUT2D eigenvalue weighted by atomic mass is 10.2. The molecule has 1 saturated heterocycles. The van der Waals surface area contributed by atoms with Crippen LogP contribution in [0.5, 0.6) is 0 Å². The monoisotopic (exact) mass is 460 g/mol. The number of anilines is 1. The number of alkyl halides is 3. The van der Waals surface area contributed by atoms with Gasteiger partial charge in [0.25, 0.3) is 0 Å². The van der Waals surface area contributed by atoms with Crippen molar-refractivity contribution in [3.8, 4) is 0 Å². The van der Waals surface area contributed by atoms with Gasteiger partial charge in [-0.15, -0.1) is 0 Å². The Balaban J connectivity index is 1.46. The minimum Gasteiger partial charge on any atom is -0.354 e. The summed E-state index contributed by atoms with van der Waals surface area (Å²) >= 11 is 0. The van der Waals surface area contributed by atoms with E-state index in [2.05, 4.69) is 15.0 Å². The minimum atomic E-state index is -4.46. The fourth-order valence-electron chi connectivity index (χ4n) is 3.17. The maximum atomic E-state index is 13.6. The van der Waals surface area contributed by atoms with Crippen LogP contribution in [0, 0.1) is 5.82 Å². The summed E-state index contributed by atoms with van der Waals surface area (Å²) < 4.78 is 77.9. The highest BCUT2D eigenvalue weighted by Gasteiger charge is 2.31. The third kappa shape index (κ3) is 5.91. The molecule has 2 N–H and O–H groups in total. The first-order valence-electron chi connectivity index (χ1n) is 9.38. The van der Waals surface area contributed by atoms with Crippen molar-refractivity contribution < 1.29 is 30.8 Å². The van der Waals surface area contributed by atoms with Crippen LogP contribution in [0.25, 0.3) is 0 Å². The normalized spacial score (nSPS) is 17.0. The fraction of sp³-hybridized carbons (Fsp3) is 0.368. The smallest absolute Gasteiger partial charge is 0.354 e. The zero-order chi connectivity index (χ0) is 22.6. The van der Waals surface area contributed by atoms with Crippen molar-refractivity contribution in [2.45, 2.75) is 30.0 Å². The fourth-order valence-corrected chi connectivity index (χ4v) is 4.27. The molecular weight excluding hydrogens is 440 g/mol. The van der Waals surface area contributed by atoms with Gasteiger partial charge in [-0.2, -0.15) is 13.2 Å². The molecule has 2 aromatic rings. The summed E-state index contributed by atoms with van der Waals surface area (Å²) in [6, 6.07) is 6.90. The highest BCUT2D eigenvalue weighted by Crippen LogP contribution is 2.29. The van der Waals surface area contributed by atoms with Gasteiger partial charge < -0.3 is 10.2 Å². The molecular formula is C19H20F4N4O3S. The van der Waals surface area contributed by atoms with Crippen LogP contribution in [0.2, 0.25) is 0 Å². The zero-order valence-corrected chi connectivity index (χ0v) is 17.0. The molecule has 1 aliphatic rings. The lowest BCUT2D eigenvalue weighted by Crippen LogP contribution is -2.39. The Hall–Kier alpha value is -2.73. The molecule has 0 bridgehead atoms. The van der Waals surface area contributed by atoms with Gasteiger partial charge in [0.1, 0.15) is 16.5 Å². The molecule has 31 heavy (non-hydrogen) atoms. The molecule has 1 fully saturated rings. The molecule has 1 aromatic heterocycles. The molecule has 7 nitrogen and oxygen atoms in total. The lowest BCUT2D eigenvalue weighted by Gasteiger charge is -2.18. The number of benzene rings is 1. The Kier molecular flexibility index (Phi) is 6.80. The number of carbonyl (C=O) groups excluding carboxylic acids is 1. The van der Waals surface area contributed by atoms with Crippen LogP contribution in [-0.4, -0.2) is 45.0 Å². The molecule has 12 heteroatoms. The van der Waals surface area contributed by atoms with Gasteiger partial charge in [0.05, 0.1) is 5.56 Å². The topological polar surface area (TPSA) is 91.4 Å². The first-order valence-corrected chi connectivity index (χ1v) is 10.9. The number of sulfonamides is 1. The molecule has 0 spiro atoms. The number of nitrogens with zero attached hydrogens (tertiary/aromatic N) is 2. The average molecular weight is 460 g/mol. The van der Waals surface area contributed by atoms with Crippen molar-refractivity contribution in [1.29, 1.82) is 0 Å². The zero-order valence-electron chi connectivity index (χ0n) is 16.2. The maximum Gasteiger partial charge on any atom is 0.417 e. The molecule has 1 aromatic carbocycles. The molecule has 3 rings (SSSR count). The number of aromatic nitrogens is 1. The molecule has 168 valence electrons.